The van der Waals surface area contributed by atoms with Crippen molar-refractivity contribution in [1.29, 1.82) is 0 Å². The number of aromatic nitrogens is 1. The van der Waals surface area contributed by atoms with E-state index in [9.17, 15) is 4.39 Å². The van der Waals surface area contributed by atoms with Crippen molar-refractivity contribution in [3.63, 3.8) is 0 Å². The zero-order valence-corrected chi connectivity index (χ0v) is 9.63. The second-order valence-electron chi connectivity index (χ2n) is 3.90. The van der Waals surface area contributed by atoms with Gasteiger partial charge in [-0.15, -0.1) is 11.3 Å². The second-order valence-corrected chi connectivity index (χ2v) is 4.88. The summed E-state index contributed by atoms with van der Waals surface area (Å²) >= 11 is 1.64. The number of nitrogens with one attached hydrogen (secondary N) is 1. The lowest BCUT2D eigenvalue weighted by molar-refractivity contribution is 0.232. The van der Waals surface area contributed by atoms with Crippen molar-refractivity contribution in [2.45, 2.75) is 25.2 Å². The van der Waals surface area contributed by atoms with Crippen molar-refractivity contribution in [3.8, 4) is 0 Å². The fourth-order valence-electron chi connectivity index (χ4n) is 2.07. The lowest BCUT2D eigenvalue weighted by Gasteiger charge is -2.22. The average Bonchev–Trinajstić information content (AvgIpc) is 2.78. The first-order valence-electron chi connectivity index (χ1n) is 5.20. The monoisotopic (exact) mass is 229 g/mol. The molecule has 0 aliphatic carbocycles. The van der Waals surface area contributed by atoms with Crippen LogP contribution >= 0.6 is 11.3 Å². The van der Waals surface area contributed by atoms with Crippen molar-refractivity contribution in [2.75, 3.05) is 20.1 Å². The molecule has 5 heteroatoms. The minimum absolute atomic E-state index is 0.314. The first-order chi connectivity index (χ1) is 7.29. The normalized spacial score (nSPS) is 27.3. The van der Waals surface area contributed by atoms with Gasteiger partial charge in [0.05, 0.1) is 6.54 Å². The quantitative estimate of drug-likeness (QED) is 0.843. The third-order valence-corrected chi connectivity index (χ3v) is 3.50. The molecule has 0 radical (unpaired) electrons. The van der Waals surface area contributed by atoms with Gasteiger partial charge in [-0.05, 0) is 13.5 Å². The lowest BCUT2D eigenvalue weighted by atomic mass is 10.2. The summed E-state index contributed by atoms with van der Waals surface area (Å²) in [5, 5.41) is 6.15. The highest BCUT2D eigenvalue weighted by molar-refractivity contribution is 7.09. The van der Waals surface area contributed by atoms with Crippen LogP contribution in [0.5, 0.6) is 0 Å². The highest BCUT2D eigenvalue weighted by atomic mass is 32.1. The predicted molar refractivity (Wildman–Crippen MR) is 59.8 cm³/mol. The summed E-state index contributed by atoms with van der Waals surface area (Å²) in [5.74, 6) is 0. The van der Waals surface area contributed by atoms with E-state index in [-0.39, 0.29) is 0 Å². The molecule has 15 heavy (non-hydrogen) atoms. The Morgan fingerprint density at radius 1 is 1.73 bits per heavy atom. The van der Waals surface area contributed by atoms with E-state index < -0.39 is 6.17 Å². The zero-order chi connectivity index (χ0) is 10.7. The molecule has 84 valence electrons. The molecule has 2 atom stereocenters. The van der Waals surface area contributed by atoms with E-state index in [2.05, 4.69) is 15.2 Å². The minimum atomic E-state index is -0.677. The van der Waals surface area contributed by atoms with Gasteiger partial charge in [-0.25, -0.2) is 9.37 Å². The number of hydrogen-bond donors (Lipinski definition) is 1. The van der Waals surface area contributed by atoms with Gasteiger partial charge in [-0.3, -0.25) is 4.90 Å². The van der Waals surface area contributed by atoms with Crippen molar-refractivity contribution < 1.29 is 4.39 Å². The van der Waals surface area contributed by atoms with Crippen LogP contribution in [-0.2, 0) is 6.54 Å². The molecule has 0 saturated carbocycles. The smallest absolute Gasteiger partial charge is 0.114 e. The Labute approximate surface area is 93.3 Å². The van der Waals surface area contributed by atoms with E-state index in [1.807, 2.05) is 12.4 Å². The first kappa shape index (κ1) is 11.0. The summed E-state index contributed by atoms with van der Waals surface area (Å²) in [5.41, 5.74) is 0. The number of likely N-dealkylation sites (N-methyl/N-ethyl adjacent to an activating group) is 1. The number of likely N-dealkylation sites (tertiary alicyclic amines) is 1. The highest BCUT2D eigenvalue weighted by Crippen LogP contribution is 2.22. The molecule has 0 spiro atoms. The van der Waals surface area contributed by atoms with Gasteiger partial charge in [0.1, 0.15) is 11.2 Å². The number of hydrogen-bond acceptors (Lipinski definition) is 4. The summed E-state index contributed by atoms with van der Waals surface area (Å²) in [7, 11) is 1.91. The molecule has 1 aromatic rings. The third-order valence-electron chi connectivity index (χ3n) is 2.74. The molecule has 2 rings (SSSR count). The standard InChI is InChI=1S/C10H16FN3S/c1-12-5-9-4-8(11)6-14(9)7-10-13-2-3-15-10/h2-3,8-9,12H,4-7H2,1H3/t8-,9-/m0/s1. The van der Waals surface area contributed by atoms with E-state index >= 15 is 0 Å². The first-order valence-corrected chi connectivity index (χ1v) is 6.08. The molecule has 0 unspecified atom stereocenters. The maximum Gasteiger partial charge on any atom is 0.114 e. The van der Waals surface area contributed by atoms with Crippen molar-refractivity contribution >= 4 is 11.3 Å². The third kappa shape index (κ3) is 2.74. The number of thiazole rings is 1. The SMILES string of the molecule is CNC[C@@H]1C[C@H](F)CN1Cc1nccs1. The second kappa shape index (κ2) is 5.01. The molecule has 1 aliphatic rings. The topological polar surface area (TPSA) is 28.2 Å². The van der Waals surface area contributed by atoms with E-state index in [0.717, 1.165) is 18.1 Å². The fourth-order valence-corrected chi connectivity index (χ4v) is 2.71. The summed E-state index contributed by atoms with van der Waals surface area (Å²) in [6.07, 6.45) is 1.77. The van der Waals surface area contributed by atoms with Crippen LogP contribution in [0, 0.1) is 0 Å². The molecule has 0 amide bonds. The van der Waals surface area contributed by atoms with E-state index in [0.29, 0.717) is 19.0 Å². The number of halogens is 1. The number of nitrogens with zero attached hydrogens (tertiary/aromatic N) is 2. The molecule has 1 saturated heterocycles. The minimum Gasteiger partial charge on any atom is -0.318 e. The Kier molecular flexibility index (Phi) is 3.66. The molecule has 1 N–H and O–H groups in total. The molecule has 0 aromatic carbocycles. The van der Waals surface area contributed by atoms with Gasteiger partial charge in [0, 0.05) is 30.7 Å². The lowest BCUT2D eigenvalue weighted by Crippen LogP contribution is -2.36. The van der Waals surface area contributed by atoms with E-state index in [1.54, 1.807) is 17.5 Å². The Balaban J connectivity index is 1.94. The van der Waals surface area contributed by atoms with Crippen LogP contribution in [0.15, 0.2) is 11.6 Å². The zero-order valence-electron chi connectivity index (χ0n) is 8.82. The maximum atomic E-state index is 13.3. The summed E-state index contributed by atoms with van der Waals surface area (Å²) in [6.45, 7) is 2.18. The van der Waals surface area contributed by atoms with Crippen LogP contribution in [0.2, 0.25) is 0 Å². The van der Waals surface area contributed by atoms with Crippen LogP contribution in [0.4, 0.5) is 4.39 Å². The Bertz CT molecular complexity index is 291. The van der Waals surface area contributed by atoms with Gasteiger partial charge >= 0.3 is 0 Å². The predicted octanol–water partition coefficient (Wildman–Crippen LogP) is 1.27. The molecular weight excluding hydrogens is 213 g/mol. The highest BCUT2D eigenvalue weighted by Gasteiger charge is 2.31. The van der Waals surface area contributed by atoms with Crippen LogP contribution in [0.25, 0.3) is 0 Å². The maximum absolute atomic E-state index is 13.3. The Morgan fingerprint density at radius 2 is 2.60 bits per heavy atom. The van der Waals surface area contributed by atoms with Gasteiger partial charge < -0.3 is 5.32 Å². The molecule has 1 aromatic heterocycles. The average molecular weight is 229 g/mol. The van der Waals surface area contributed by atoms with Gasteiger partial charge in [0.25, 0.3) is 0 Å². The van der Waals surface area contributed by atoms with Crippen LogP contribution in [0.3, 0.4) is 0 Å². The summed E-state index contributed by atoms with van der Waals surface area (Å²) in [4.78, 5) is 6.41. The molecule has 3 nitrogen and oxygen atoms in total. The fraction of sp³-hybridized carbons (Fsp3) is 0.700. The molecule has 0 bridgehead atoms. The molecule has 1 aliphatic heterocycles. The summed E-state index contributed by atoms with van der Waals surface area (Å²) < 4.78 is 13.3. The van der Waals surface area contributed by atoms with Gasteiger partial charge in [0.15, 0.2) is 0 Å². The van der Waals surface area contributed by atoms with Crippen molar-refractivity contribution in [2.24, 2.45) is 0 Å². The van der Waals surface area contributed by atoms with Gasteiger partial charge in [-0.2, -0.15) is 0 Å². The van der Waals surface area contributed by atoms with Gasteiger partial charge in [0.2, 0.25) is 0 Å². The molecular formula is C10H16FN3S. The molecule has 2 heterocycles. The number of rotatable bonds is 4. The van der Waals surface area contributed by atoms with Crippen LogP contribution in [-0.4, -0.2) is 42.2 Å². The Hall–Kier alpha value is -0.520. The van der Waals surface area contributed by atoms with Crippen molar-refractivity contribution in [3.05, 3.63) is 16.6 Å². The van der Waals surface area contributed by atoms with E-state index in [1.165, 1.54) is 0 Å². The number of alkyl halides is 1. The van der Waals surface area contributed by atoms with Crippen LogP contribution < -0.4 is 5.32 Å². The largest absolute Gasteiger partial charge is 0.318 e. The summed E-state index contributed by atoms with van der Waals surface area (Å²) in [6, 6.07) is 0.314. The Morgan fingerprint density at radius 3 is 3.27 bits per heavy atom. The van der Waals surface area contributed by atoms with E-state index in [4.69, 9.17) is 0 Å². The van der Waals surface area contributed by atoms with Crippen LogP contribution in [0.1, 0.15) is 11.4 Å². The van der Waals surface area contributed by atoms with Crippen molar-refractivity contribution in [1.82, 2.24) is 15.2 Å². The van der Waals surface area contributed by atoms with Gasteiger partial charge in [-0.1, -0.05) is 0 Å². The molecule has 1 fully saturated rings.